The Labute approximate surface area is 112 Å². The third kappa shape index (κ3) is 3.94. The predicted octanol–water partition coefficient (Wildman–Crippen LogP) is 2.27. The number of hydrogen-bond donors (Lipinski definition) is 1. The Balaban J connectivity index is 1.94. The minimum atomic E-state index is 0.405. The Kier molecular flexibility index (Phi) is 5.46. The molecular formula is C15H30N2O. The molecule has 1 saturated carbocycles. The van der Waals surface area contributed by atoms with Crippen molar-refractivity contribution >= 4 is 0 Å². The highest BCUT2D eigenvalue weighted by molar-refractivity contribution is 4.88. The molecule has 0 radical (unpaired) electrons. The van der Waals surface area contributed by atoms with E-state index in [1.807, 2.05) is 0 Å². The predicted molar refractivity (Wildman–Crippen MR) is 75.9 cm³/mol. The van der Waals surface area contributed by atoms with Gasteiger partial charge in [0.1, 0.15) is 0 Å². The topological polar surface area (TPSA) is 24.5 Å². The fourth-order valence-corrected chi connectivity index (χ4v) is 3.77. The van der Waals surface area contributed by atoms with Crippen molar-refractivity contribution in [3.63, 3.8) is 0 Å². The van der Waals surface area contributed by atoms with Gasteiger partial charge in [-0.2, -0.15) is 0 Å². The third-order valence-corrected chi connectivity index (χ3v) is 4.56. The van der Waals surface area contributed by atoms with E-state index in [-0.39, 0.29) is 0 Å². The highest BCUT2D eigenvalue weighted by Crippen LogP contribution is 2.36. The molecule has 0 aromatic rings. The minimum absolute atomic E-state index is 0.405. The van der Waals surface area contributed by atoms with E-state index in [0.29, 0.717) is 11.5 Å². The number of rotatable bonds is 4. The van der Waals surface area contributed by atoms with Crippen LogP contribution in [0.25, 0.3) is 0 Å². The van der Waals surface area contributed by atoms with E-state index >= 15 is 0 Å². The largest absolute Gasteiger partial charge is 0.377 e. The first-order valence-electron chi connectivity index (χ1n) is 7.73. The number of nitrogens with zero attached hydrogens (tertiary/aromatic N) is 1. The van der Waals surface area contributed by atoms with Crippen LogP contribution < -0.4 is 5.32 Å². The molecule has 1 atom stereocenters. The SMILES string of the molecule is CNCC1(CN2CCCOC(C)C2)CCCCC1. The second-order valence-corrected chi connectivity index (χ2v) is 6.36. The van der Waals surface area contributed by atoms with Crippen LogP contribution in [-0.4, -0.2) is 50.8 Å². The Morgan fingerprint density at radius 3 is 2.72 bits per heavy atom. The number of ether oxygens (including phenoxy) is 1. The van der Waals surface area contributed by atoms with Crippen LogP contribution in [-0.2, 0) is 4.74 Å². The van der Waals surface area contributed by atoms with Crippen molar-refractivity contribution in [1.82, 2.24) is 10.2 Å². The highest BCUT2D eigenvalue weighted by atomic mass is 16.5. The summed E-state index contributed by atoms with van der Waals surface area (Å²) < 4.78 is 5.76. The zero-order valence-electron chi connectivity index (χ0n) is 12.2. The molecular weight excluding hydrogens is 224 g/mol. The molecule has 1 saturated heterocycles. The van der Waals surface area contributed by atoms with Gasteiger partial charge in [-0.3, -0.25) is 0 Å². The molecule has 1 unspecified atom stereocenters. The number of hydrogen-bond acceptors (Lipinski definition) is 3. The molecule has 3 nitrogen and oxygen atoms in total. The maximum Gasteiger partial charge on any atom is 0.0673 e. The van der Waals surface area contributed by atoms with Crippen LogP contribution in [0.5, 0.6) is 0 Å². The van der Waals surface area contributed by atoms with Gasteiger partial charge in [-0.05, 0) is 38.6 Å². The lowest BCUT2D eigenvalue weighted by atomic mass is 9.73. The summed E-state index contributed by atoms with van der Waals surface area (Å²) in [6.07, 6.45) is 8.68. The molecule has 106 valence electrons. The molecule has 18 heavy (non-hydrogen) atoms. The smallest absolute Gasteiger partial charge is 0.0673 e. The molecule has 0 bridgehead atoms. The van der Waals surface area contributed by atoms with Gasteiger partial charge in [-0.1, -0.05) is 19.3 Å². The standard InChI is InChI=1S/C15H30N2O/c1-14-11-17(9-6-10-18-14)13-15(12-16-2)7-4-3-5-8-15/h14,16H,3-13H2,1-2H3. The lowest BCUT2D eigenvalue weighted by Gasteiger charge is -2.41. The van der Waals surface area contributed by atoms with Crippen molar-refractivity contribution in [3.05, 3.63) is 0 Å². The first-order valence-corrected chi connectivity index (χ1v) is 7.73. The number of nitrogens with one attached hydrogen (secondary N) is 1. The van der Waals surface area contributed by atoms with Crippen LogP contribution in [0.1, 0.15) is 45.4 Å². The monoisotopic (exact) mass is 254 g/mol. The molecule has 3 heteroatoms. The van der Waals surface area contributed by atoms with Crippen molar-refractivity contribution < 1.29 is 4.74 Å². The van der Waals surface area contributed by atoms with Gasteiger partial charge in [-0.25, -0.2) is 0 Å². The van der Waals surface area contributed by atoms with Crippen LogP contribution in [0.3, 0.4) is 0 Å². The van der Waals surface area contributed by atoms with Crippen LogP contribution in [0.15, 0.2) is 0 Å². The first-order chi connectivity index (χ1) is 8.74. The Morgan fingerprint density at radius 1 is 1.22 bits per heavy atom. The summed E-state index contributed by atoms with van der Waals surface area (Å²) in [6, 6.07) is 0. The summed E-state index contributed by atoms with van der Waals surface area (Å²) in [5.41, 5.74) is 0.525. The van der Waals surface area contributed by atoms with Crippen molar-refractivity contribution in [1.29, 1.82) is 0 Å². The second kappa shape index (κ2) is 6.88. The normalized spacial score (nSPS) is 30.0. The van der Waals surface area contributed by atoms with E-state index in [4.69, 9.17) is 4.74 Å². The maximum atomic E-state index is 5.76. The second-order valence-electron chi connectivity index (χ2n) is 6.36. The van der Waals surface area contributed by atoms with Gasteiger partial charge in [0.25, 0.3) is 0 Å². The van der Waals surface area contributed by atoms with Crippen molar-refractivity contribution in [2.75, 3.05) is 39.8 Å². The van der Waals surface area contributed by atoms with E-state index < -0.39 is 0 Å². The Hall–Kier alpha value is -0.120. The van der Waals surface area contributed by atoms with E-state index in [1.165, 1.54) is 58.2 Å². The average Bonchev–Trinajstić information content (AvgIpc) is 2.55. The molecule has 1 N–H and O–H groups in total. The lowest BCUT2D eigenvalue weighted by Crippen LogP contribution is -2.46. The maximum absolute atomic E-state index is 5.76. The zero-order valence-corrected chi connectivity index (χ0v) is 12.2. The molecule has 0 amide bonds. The summed E-state index contributed by atoms with van der Waals surface area (Å²) in [6.45, 7) is 7.93. The molecule has 1 heterocycles. The summed E-state index contributed by atoms with van der Waals surface area (Å²) in [7, 11) is 2.10. The van der Waals surface area contributed by atoms with Gasteiger partial charge in [0.2, 0.25) is 0 Å². The van der Waals surface area contributed by atoms with Crippen molar-refractivity contribution in [2.45, 2.75) is 51.6 Å². The van der Waals surface area contributed by atoms with Gasteiger partial charge in [0.15, 0.2) is 0 Å². The Morgan fingerprint density at radius 2 is 2.00 bits per heavy atom. The Bertz CT molecular complexity index is 233. The van der Waals surface area contributed by atoms with Gasteiger partial charge < -0.3 is 15.0 Å². The molecule has 1 aliphatic carbocycles. The fourth-order valence-electron chi connectivity index (χ4n) is 3.77. The van der Waals surface area contributed by atoms with E-state index in [1.54, 1.807) is 0 Å². The van der Waals surface area contributed by atoms with Crippen LogP contribution in [0, 0.1) is 5.41 Å². The van der Waals surface area contributed by atoms with Crippen molar-refractivity contribution in [3.8, 4) is 0 Å². The highest BCUT2D eigenvalue weighted by Gasteiger charge is 2.33. The summed E-state index contributed by atoms with van der Waals surface area (Å²) in [5, 5.41) is 3.44. The average molecular weight is 254 g/mol. The van der Waals surface area contributed by atoms with Crippen LogP contribution >= 0.6 is 0 Å². The van der Waals surface area contributed by atoms with Gasteiger partial charge in [-0.15, -0.1) is 0 Å². The lowest BCUT2D eigenvalue weighted by molar-refractivity contribution is 0.0521. The summed E-state index contributed by atoms with van der Waals surface area (Å²) >= 11 is 0. The minimum Gasteiger partial charge on any atom is -0.377 e. The van der Waals surface area contributed by atoms with Crippen LogP contribution in [0.2, 0.25) is 0 Å². The first kappa shape index (κ1) is 14.3. The molecule has 0 aromatic carbocycles. The molecule has 2 rings (SSSR count). The quantitative estimate of drug-likeness (QED) is 0.833. The van der Waals surface area contributed by atoms with Gasteiger partial charge in [0, 0.05) is 32.8 Å². The molecule has 0 spiro atoms. The molecule has 2 fully saturated rings. The van der Waals surface area contributed by atoms with Gasteiger partial charge in [0.05, 0.1) is 6.10 Å². The van der Waals surface area contributed by atoms with Gasteiger partial charge >= 0.3 is 0 Å². The van der Waals surface area contributed by atoms with E-state index in [0.717, 1.165) is 13.2 Å². The third-order valence-electron chi connectivity index (χ3n) is 4.56. The zero-order chi connectivity index (χ0) is 12.8. The molecule has 0 aromatic heterocycles. The van der Waals surface area contributed by atoms with Crippen LogP contribution in [0.4, 0.5) is 0 Å². The molecule has 2 aliphatic rings. The fraction of sp³-hybridized carbons (Fsp3) is 1.00. The molecule has 1 aliphatic heterocycles. The van der Waals surface area contributed by atoms with E-state index in [9.17, 15) is 0 Å². The summed E-state index contributed by atoms with van der Waals surface area (Å²) in [4.78, 5) is 2.65. The summed E-state index contributed by atoms with van der Waals surface area (Å²) in [5.74, 6) is 0. The van der Waals surface area contributed by atoms with E-state index in [2.05, 4.69) is 24.2 Å². The van der Waals surface area contributed by atoms with Crippen molar-refractivity contribution in [2.24, 2.45) is 5.41 Å².